The summed E-state index contributed by atoms with van der Waals surface area (Å²) in [6.45, 7) is 12.7. The first-order valence-corrected chi connectivity index (χ1v) is 7.87. The van der Waals surface area contributed by atoms with Crippen LogP contribution in [-0.2, 0) is 9.53 Å². The van der Waals surface area contributed by atoms with Crippen LogP contribution in [0, 0.1) is 17.3 Å². The lowest BCUT2D eigenvalue weighted by atomic mass is 9.69. The van der Waals surface area contributed by atoms with Crippen LogP contribution in [0.5, 0.6) is 0 Å². The maximum Gasteiger partial charge on any atom is 0.309 e. The first-order valence-electron chi connectivity index (χ1n) is 7.87. The molecule has 1 fully saturated rings. The first kappa shape index (κ1) is 16.5. The molecule has 0 heterocycles. The second-order valence-electron chi connectivity index (χ2n) is 7.93. The third kappa shape index (κ3) is 5.54. The molecule has 112 valence electrons. The van der Waals surface area contributed by atoms with Gasteiger partial charge in [0.2, 0.25) is 0 Å². The summed E-state index contributed by atoms with van der Waals surface area (Å²) in [5.41, 5.74) is 0.0954. The maximum atomic E-state index is 12.4. The van der Waals surface area contributed by atoms with Gasteiger partial charge < -0.3 is 4.74 Å². The Morgan fingerprint density at radius 2 is 1.79 bits per heavy atom. The molecule has 0 N–H and O–H groups in total. The largest absolute Gasteiger partial charge is 0.460 e. The van der Waals surface area contributed by atoms with Gasteiger partial charge in [-0.3, -0.25) is 4.79 Å². The van der Waals surface area contributed by atoms with E-state index in [0.717, 1.165) is 12.8 Å². The molecule has 0 amide bonds. The molecule has 1 aliphatic rings. The molecule has 1 saturated carbocycles. The fraction of sp³-hybridized carbons (Fsp3) is 0.941. The van der Waals surface area contributed by atoms with E-state index < -0.39 is 0 Å². The molecule has 0 aromatic rings. The molecular weight excluding hydrogens is 236 g/mol. The Morgan fingerprint density at radius 1 is 1.26 bits per heavy atom. The smallest absolute Gasteiger partial charge is 0.309 e. The van der Waals surface area contributed by atoms with Crippen LogP contribution in [0.3, 0.4) is 0 Å². The molecule has 0 saturated heterocycles. The van der Waals surface area contributed by atoms with Gasteiger partial charge in [-0.25, -0.2) is 0 Å². The van der Waals surface area contributed by atoms with E-state index in [1.807, 2.05) is 20.8 Å². The van der Waals surface area contributed by atoms with Crippen molar-refractivity contribution in [3.05, 3.63) is 0 Å². The van der Waals surface area contributed by atoms with Crippen molar-refractivity contribution in [3.8, 4) is 0 Å². The highest BCUT2D eigenvalue weighted by molar-refractivity contribution is 5.73. The Morgan fingerprint density at radius 3 is 2.21 bits per heavy atom. The van der Waals surface area contributed by atoms with Crippen molar-refractivity contribution in [2.75, 3.05) is 0 Å². The van der Waals surface area contributed by atoms with E-state index in [2.05, 4.69) is 20.8 Å². The van der Waals surface area contributed by atoms with Crippen LogP contribution in [0.2, 0.25) is 0 Å². The molecule has 0 aromatic carbocycles. The number of carbonyl (C=O) groups excluding carboxylic acids is 1. The molecule has 19 heavy (non-hydrogen) atoms. The van der Waals surface area contributed by atoms with E-state index in [4.69, 9.17) is 4.74 Å². The second kappa shape index (κ2) is 6.28. The van der Waals surface area contributed by atoms with Crippen molar-refractivity contribution in [3.63, 3.8) is 0 Å². The quantitative estimate of drug-likeness (QED) is 0.673. The molecule has 2 nitrogen and oxygen atoms in total. The Balaban J connectivity index is 2.65. The van der Waals surface area contributed by atoms with Crippen molar-refractivity contribution in [1.82, 2.24) is 0 Å². The van der Waals surface area contributed by atoms with Gasteiger partial charge in [-0.2, -0.15) is 0 Å². The minimum absolute atomic E-state index is 0.0269. The second-order valence-corrected chi connectivity index (χ2v) is 7.93. The van der Waals surface area contributed by atoms with Crippen molar-refractivity contribution in [1.29, 1.82) is 0 Å². The van der Waals surface area contributed by atoms with Gasteiger partial charge >= 0.3 is 5.97 Å². The van der Waals surface area contributed by atoms with Gasteiger partial charge in [0.15, 0.2) is 0 Å². The highest BCUT2D eigenvalue weighted by Crippen LogP contribution is 2.42. The lowest BCUT2D eigenvalue weighted by molar-refractivity contribution is -0.163. The maximum absolute atomic E-state index is 12.4. The average Bonchev–Trinajstić information content (AvgIpc) is 2.24. The Hall–Kier alpha value is -0.530. The fourth-order valence-electron chi connectivity index (χ4n) is 3.06. The van der Waals surface area contributed by atoms with Crippen LogP contribution in [0.25, 0.3) is 0 Å². The standard InChI is InChI=1S/C17H32O2/c1-7-8-14(15(18)19-16(2,3)4)13-9-11-17(5,6)12-10-13/h13-14H,7-12H2,1-6H3. The zero-order valence-electron chi connectivity index (χ0n) is 13.7. The molecule has 0 radical (unpaired) electrons. The summed E-state index contributed by atoms with van der Waals surface area (Å²) in [4.78, 5) is 12.4. The van der Waals surface area contributed by atoms with Crippen LogP contribution < -0.4 is 0 Å². The highest BCUT2D eigenvalue weighted by Gasteiger charge is 2.36. The normalized spacial score (nSPS) is 22.0. The highest BCUT2D eigenvalue weighted by atomic mass is 16.6. The zero-order valence-corrected chi connectivity index (χ0v) is 13.7. The predicted octanol–water partition coefficient (Wildman–Crippen LogP) is 4.96. The summed E-state index contributed by atoms with van der Waals surface area (Å²) in [5.74, 6) is 0.669. The van der Waals surface area contributed by atoms with E-state index >= 15 is 0 Å². The fourth-order valence-corrected chi connectivity index (χ4v) is 3.06. The Labute approximate surface area is 119 Å². The van der Waals surface area contributed by atoms with Gasteiger partial charge in [0.05, 0.1) is 5.92 Å². The molecule has 1 unspecified atom stereocenters. The molecule has 2 heteroatoms. The number of rotatable bonds is 4. The van der Waals surface area contributed by atoms with Crippen molar-refractivity contribution in [2.24, 2.45) is 17.3 Å². The molecular formula is C17H32O2. The van der Waals surface area contributed by atoms with Crippen LogP contribution in [0.15, 0.2) is 0 Å². The summed E-state index contributed by atoms with van der Waals surface area (Å²) >= 11 is 0. The minimum Gasteiger partial charge on any atom is -0.460 e. The molecule has 1 rings (SSSR count). The minimum atomic E-state index is -0.364. The third-order valence-electron chi connectivity index (χ3n) is 4.26. The monoisotopic (exact) mass is 268 g/mol. The van der Waals surface area contributed by atoms with Gasteiger partial charge in [0.25, 0.3) is 0 Å². The number of hydrogen-bond donors (Lipinski definition) is 0. The first-order chi connectivity index (χ1) is 8.64. The molecule has 1 atom stereocenters. The lowest BCUT2D eigenvalue weighted by Crippen LogP contribution is -2.35. The molecule has 0 spiro atoms. The summed E-state index contributed by atoms with van der Waals surface area (Å²) in [5, 5.41) is 0. The van der Waals surface area contributed by atoms with Gasteiger partial charge in [-0.05, 0) is 64.2 Å². The summed E-state index contributed by atoms with van der Waals surface area (Å²) in [7, 11) is 0. The lowest BCUT2D eigenvalue weighted by Gasteiger charge is -2.38. The van der Waals surface area contributed by atoms with E-state index in [1.165, 1.54) is 25.7 Å². The van der Waals surface area contributed by atoms with Crippen LogP contribution in [0.1, 0.15) is 80.1 Å². The van der Waals surface area contributed by atoms with E-state index in [-0.39, 0.29) is 17.5 Å². The summed E-state index contributed by atoms with van der Waals surface area (Å²) in [6, 6.07) is 0. The van der Waals surface area contributed by atoms with Gasteiger partial charge in [0.1, 0.15) is 5.60 Å². The molecule has 0 aliphatic heterocycles. The van der Waals surface area contributed by atoms with E-state index in [9.17, 15) is 4.79 Å². The summed E-state index contributed by atoms with van der Waals surface area (Å²) in [6.07, 6.45) is 6.86. The average molecular weight is 268 g/mol. The third-order valence-corrected chi connectivity index (χ3v) is 4.26. The molecule has 1 aliphatic carbocycles. The Bertz CT molecular complexity index is 289. The molecule has 0 aromatic heterocycles. The van der Waals surface area contributed by atoms with Crippen molar-refractivity contribution >= 4 is 5.97 Å². The zero-order chi connectivity index (χ0) is 14.7. The van der Waals surface area contributed by atoms with Crippen LogP contribution in [0.4, 0.5) is 0 Å². The summed E-state index contributed by atoms with van der Waals surface area (Å²) < 4.78 is 5.62. The molecule has 0 bridgehead atoms. The predicted molar refractivity (Wildman–Crippen MR) is 80.0 cm³/mol. The van der Waals surface area contributed by atoms with E-state index in [1.54, 1.807) is 0 Å². The van der Waals surface area contributed by atoms with Gasteiger partial charge in [-0.15, -0.1) is 0 Å². The van der Waals surface area contributed by atoms with Gasteiger partial charge in [-0.1, -0.05) is 27.2 Å². The topological polar surface area (TPSA) is 26.3 Å². The number of esters is 1. The van der Waals surface area contributed by atoms with Crippen molar-refractivity contribution in [2.45, 2.75) is 85.7 Å². The van der Waals surface area contributed by atoms with Crippen LogP contribution in [-0.4, -0.2) is 11.6 Å². The number of ether oxygens (including phenoxy) is 1. The number of carbonyl (C=O) groups is 1. The van der Waals surface area contributed by atoms with Crippen molar-refractivity contribution < 1.29 is 9.53 Å². The van der Waals surface area contributed by atoms with E-state index in [0.29, 0.717) is 11.3 Å². The Kier molecular flexibility index (Phi) is 5.46. The van der Waals surface area contributed by atoms with Crippen LogP contribution >= 0.6 is 0 Å². The SMILES string of the molecule is CCCC(C(=O)OC(C)(C)C)C1CCC(C)(C)CC1. The van der Waals surface area contributed by atoms with Gasteiger partial charge in [0, 0.05) is 0 Å². The number of hydrogen-bond acceptors (Lipinski definition) is 2.